The van der Waals surface area contributed by atoms with E-state index in [0.29, 0.717) is 6.61 Å². The van der Waals surface area contributed by atoms with Gasteiger partial charge in [-0.15, -0.1) is 11.8 Å². The fourth-order valence-corrected chi connectivity index (χ4v) is 6.77. The molecule has 0 atom stereocenters. The molecular formula is C31H40O2S. The molecule has 0 saturated carbocycles. The van der Waals surface area contributed by atoms with Crippen molar-refractivity contribution in [3.63, 3.8) is 0 Å². The van der Waals surface area contributed by atoms with E-state index in [9.17, 15) is 4.79 Å². The topological polar surface area (TPSA) is 26.3 Å². The fourth-order valence-electron chi connectivity index (χ4n) is 5.09. The molecule has 0 N–H and O–H groups in total. The molecule has 0 fully saturated rings. The Kier molecular flexibility index (Phi) is 8.94. The van der Waals surface area contributed by atoms with Crippen molar-refractivity contribution >= 4 is 17.7 Å². The van der Waals surface area contributed by atoms with E-state index in [1.807, 2.05) is 43.0 Å². The van der Waals surface area contributed by atoms with E-state index in [1.54, 1.807) is 0 Å². The van der Waals surface area contributed by atoms with Gasteiger partial charge in [0.1, 0.15) is 0 Å². The highest BCUT2D eigenvalue weighted by atomic mass is 32.2. The van der Waals surface area contributed by atoms with Crippen LogP contribution in [0.5, 0.6) is 0 Å². The molecule has 2 nitrogen and oxygen atoms in total. The van der Waals surface area contributed by atoms with Crippen molar-refractivity contribution < 1.29 is 9.53 Å². The number of aryl methyl sites for hydroxylation is 1. The normalized spacial score (nSPS) is 15.7. The van der Waals surface area contributed by atoms with Crippen LogP contribution >= 0.6 is 11.8 Å². The second-order valence-electron chi connectivity index (χ2n) is 10.6. The molecule has 0 unspecified atom stereocenters. The van der Waals surface area contributed by atoms with Gasteiger partial charge in [-0.1, -0.05) is 83.9 Å². The molecule has 2 aromatic carbocycles. The largest absolute Gasteiger partial charge is 0.466 e. The number of ether oxygens (including phenoxy) is 1. The molecule has 0 spiro atoms. The number of fused-ring (bicyclic) bond motifs is 1. The number of carbonyl (C=O) groups is 1. The number of carbonyl (C=O) groups excluding carboxylic acids is 1. The Labute approximate surface area is 211 Å². The van der Waals surface area contributed by atoms with Gasteiger partial charge in [-0.25, -0.2) is 0 Å². The van der Waals surface area contributed by atoms with E-state index in [4.69, 9.17) is 4.74 Å². The maximum Gasteiger partial charge on any atom is 0.310 e. The molecule has 2 aromatic rings. The molecule has 1 heterocycles. The van der Waals surface area contributed by atoms with Crippen LogP contribution < -0.4 is 0 Å². The monoisotopic (exact) mass is 476 g/mol. The van der Waals surface area contributed by atoms with E-state index in [0.717, 1.165) is 29.5 Å². The molecule has 0 saturated heterocycles. The number of hydrogen-bond acceptors (Lipinski definition) is 3. The van der Waals surface area contributed by atoms with Gasteiger partial charge in [-0.05, 0) is 66.5 Å². The van der Waals surface area contributed by atoms with E-state index in [2.05, 4.69) is 58.6 Å². The Bertz CT molecular complexity index is 1070. The van der Waals surface area contributed by atoms with Crippen molar-refractivity contribution in [1.82, 2.24) is 0 Å². The molecule has 34 heavy (non-hydrogen) atoms. The molecular weight excluding hydrogens is 436 g/mol. The quantitative estimate of drug-likeness (QED) is 0.220. The van der Waals surface area contributed by atoms with Crippen molar-refractivity contribution in [1.29, 1.82) is 0 Å². The average Bonchev–Trinajstić information content (AvgIpc) is 2.75. The third-order valence-corrected chi connectivity index (χ3v) is 7.73. The lowest BCUT2D eigenvalue weighted by Crippen LogP contribution is -2.33. The Hall–Kier alpha value is -2.18. The zero-order valence-corrected chi connectivity index (χ0v) is 22.7. The summed E-state index contributed by atoms with van der Waals surface area (Å²) in [6, 6.07) is 12.7. The summed E-state index contributed by atoms with van der Waals surface area (Å²) in [5.74, 6) is 6.71. The van der Waals surface area contributed by atoms with Gasteiger partial charge >= 0.3 is 5.97 Å². The average molecular weight is 477 g/mol. The SMILES string of the molecule is CCCCCCc1cc2c(cc1C#Cc1ccccc1CC(=O)OCC)C(C)(C)CC(C)(C)S2. The maximum atomic E-state index is 12.1. The van der Waals surface area contributed by atoms with Crippen molar-refractivity contribution in [3.05, 3.63) is 64.2 Å². The summed E-state index contributed by atoms with van der Waals surface area (Å²) in [7, 11) is 0. The molecule has 3 heteroatoms. The number of rotatable bonds is 8. The van der Waals surface area contributed by atoms with E-state index in [1.165, 1.54) is 41.7 Å². The molecule has 0 amide bonds. The predicted octanol–water partition coefficient (Wildman–Crippen LogP) is 7.87. The van der Waals surface area contributed by atoms with Crippen LogP contribution in [0.4, 0.5) is 0 Å². The number of thioether (sulfide) groups is 1. The lowest BCUT2D eigenvalue weighted by Gasteiger charge is -2.42. The molecule has 0 radical (unpaired) electrons. The number of esters is 1. The van der Waals surface area contributed by atoms with Crippen molar-refractivity contribution in [3.8, 4) is 11.8 Å². The molecule has 0 aliphatic carbocycles. The minimum atomic E-state index is -0.205. The Morgan fingerprint density at radius 1 is 0.971 bits per heavy atom. The molecule has 0 aromatic heterocycles. The van der Waals surface area contributed by atoms with Gasteiger partial charge in [0, 0.05) is 20.8 Å². The van der Waals surface area contributed by atoms with E-state index < -0.39 is 0 Å². The second kappa shape index (κ2) is 11.5. The third kappa shape index (κ3) is 6.92. The van der Waals surface area contributed by atoms with Crippen LogP contribution in [0.2, 0.25) is 0 Å². The first-order valence-corrected chi connectivity index (χ1v) is 13.6. The molecule has 0 bridgehead atoms. The number of benzene rings is 2. The fraction of sp³-hybridized carbons (Fsp3) is 0.516. The lowest BCUT2D eigenvalue weighted by atomic mass is 9.76. The second-order valence-corrected chi connectivity index (χ2v) is 12.4. The van der Waals surface area contributed by atoms with Gasteiger partial charge in [-0.3, -0.25) is 4.79 Å². The smallest absolute Gasteiger partial charge is 0.310 e. The summed E-state index contributed by atoms with van der Waals surface area (Å²) >= 11 is 2.01. The summed E-state index contributed by atoms with van der Waals surface area (Å²) in [5.41, 5.74) is 5.84. The van der Waals surface area contributed by atoms with Gasteiger partial charge in [0.05, 0.1) is 13.0 Å². The van der Waals surface area contributed by atoms with Crippen LogP contribution in [0.3, 0.4) is 0 Å². The highest BCUT2D eigenvalue weighted by Gasteiger charge is 2.38. The Balaban J connectivity index is 2.00. The van der Waals surface area contributed by atoms with Crippen molar-refractivity contribution in [2.45, 2.75) is 102 Å². The Morgan fingerprint density at radius 3 is 2.44 bits per heavy atom. The highest BCUT2D eigenvalue weighted by Crippen LogP contribution is 2.51. The summed E-state index contributed by atoms with van der Waals surface area (Å²) in [6.07, 6.45) is 7.43. The van der Waals surface area contributed by atoms with E-state index in [-0.39, 0.29) is 22.6 Å². The standard InChI is InChI=1S/C31H40O2S/c1-7-9-10-11-15-24-20-28-27(30(3,4)22-31(5,6)34-28)19-26(24)18-17-23-14-12-13-16-25(23)21-29(32)33-8-2/h12-14,16,19-20H,7-11,15,21-22H2,1-6H3. The third-order valence-electron chi connectivity index (χ3n) is 6.48. The first-order chi connectivity index (χ1) is 16.1. The predicted molar refractivity (Wildman–Crippen MR) is 145 cm³/mol. The van der Waals surface area contributed by atoms with Crippen LogP contribution in [0.15, 0.2) is 41.3 Å². The van der Waals surface area contributed by atoms with E-state index >= 15 is 0 Å². The minimum Gasteiger partial charge on any atom is -0.466 e. The van der Waals surface area contributed by atoms with Gasteiger partial charge in [-0.2, -0.15) is 0 Å². The molecule has 182 valence electrons. The highest BCUT2D eigenvalue weighted by molar-refractivity contribution is 8.00. The number of unbranched alkanes of at least 4 members (excludes halogenated alkanes) is 3. The van der Waals surface area contributed by atoms with Crippen LogP contribution in [0, 0.1) is 11.8 Å². The zero-order chi connectivity index (χ0) is 24.8. The summed E-state index contributed by atoms with van der Waals surface area (Å²) in [5, 5.41) is 0. The summed E-state index contributed by atoms with van der Waals surface area (Å²) < 4.78 is 5.39. The van der Waals surface area contributed by atoms with Crippen LogP contribution in [-0.2, 0) is 27.8 Å². The van der Waals surface area contributed by atoms with Crippen LogP contribution in [0.1, 0.15) is 101 Å². The minimum absolute atomic E-state index is 0.114. The van der Waals surface area contributed by atoms with Crippen LogP contribution in [0.25, 0.3) is 0 Å². The van der Waals surface area contributed by atoms with Gasteiger partial charge in [0.15, 0.2) is 0 Å². The maximum absolute atomic E-state index is 12.1. The molecule has 1 aliphatic rings. The van der Waals surface area contributed by atoms with Crippen molar-refractivity contribution in [2.24, 2.45) is 0 Å². The summed E-state index contributed by atoms with van der Waals surface area (Å²) in [6.45, 7) is 13.9. The van der Waals surface area contributed by atoms with Gasteiger partial charge in [0.25, 0.3) is 0 Å². The molecule has 1 aliphatic heterocycles. The van der Waals surface area contributed by atoms with Gasteiger partial charge < -0.3 is 4.74 Å². The molecule has 3 rings (SSSR count). The zero-order valence-electron chi connectivity index (χ0n) is 21.8. The number of hydrogen-bond donors (Lipinski definition) is 0. The lowest BCUT2D eigenvalue weighted by molar-refractivity contribution is -0.142. The summed E-state index contributed by atoms with van der Waals surface area (Å²) in [4.78, 5) is 13.5. The van der Waals surface area contributed by atoms with Gasteiger partial charge in [0.2, 0.25) is 0 Å². The van der Waals surface area contributed by atoms with Crippen LogP contribution in [-0.4, -0.2) is 17.3 Å². The first kappa shape index (κ1) is 26.4. The Morgan fingerprint density at radius 2 is 1.71 bits per heavy atom. The first-order valence-electron chi connectivity index (χ1n) is 12.8. The van der Waals surface area contributed by atoms with Crippen molar-refractivity contribution in [2.75, 3.05) is 6.61 Å².